The van der Waals surface area contributed by atoms with Gasteiger partial charge in [0.05, 0.1) is 10.3 Å². The quantitative estimate of drug-likeness (QED) is 0.761. The molecule has 0 spiro atoms. The number of piperidine rings is 1. The molecular formula is C22H23NO2S. The van der Waals surface area contributed by atoms with E-state index in [1.54, 1.807) is 16.4 Å². The van der Waals surface area contributed by atoms with E-state index in [0.717, 1.165) is 17.5 Å². The number of benzene rings is 2. The average Bonchev–Trinajstić information content (AvgIpc) is 3.25. The van der Waals surface area contributed by atoms with Crippen molar-refractivity contribution < 1.29 is 8.42 Å². The molecular weight excluding hydrogens is 342 g/mol. The molecule has 26 heavy (non-hydrogen) atoms. The van der Waals surface area contributed by atoms with Crippen molar-refractivity contribution >= 4 is 10.0 Å². The fourth-order valence-electron chi connectivity index (χ4n) is 4.17. The second-order valence-electron chi connectivity index (χ2n) is 7.49. The monoisotopic (exact) mass is 365 g/mol. The molecule has 3 atom stereocenters. The standard InChI is InChI=1S/C22H23NO2S/c1-17-8-10-20(11-9-17)26(24,25)23-15-13-21-18(2)22(21,16-23)14-12-19-6-4-3-5-7-19/h3-11,18,21H,13,15-16H2,1-2H3/t18-,21-,22+/m0/s1. The molecule has 0 unspecified atom stereocenters. The van der Waals surface area contributed by atoms with Gasteiger partial charge >= 0.3 is 0 Å². The second kappa shape index (κ2) is 6.26. The molecule has 4 rings (SSSR count). The Hall–Kier alpha value is -2.09. The van der Waals surface area contributed by atoms with Crippen molar-refractivity contribution in [3.05, 3.63) is 65.7 Å². The second-order valence-corrected chi connectivity index (χ2v) is 9.43. The predicted molar refractivity (Wildman–Crippen MR) is 103 cm³/mol. The Morgan fingerprint density at radius 2 is 1.77 bits per heavy atom. The zero-order valence-electron chi connectivity index (χ0n) is 15.1. The minimum atomic E-state index is -3.46. The molecule has 0 N–H and O–H groups in total. The van der Waals surface area contributed by atoms with E-state index < -0.39 is 10.0 Å². The van der Waals surface area contributed by atoms with Gasteiger partial charge in [-0.2, -0.15) is 4.31 Å². The van der Waals surface area contributed by atoms with Crippen LogP contribution in [0.15, 0.2) is 59.5 Å². The first kappa shape index (κ1) is 17.3. The molecule has 2 fully saturated rings. The van der Waals surface area contributed by atoms with Gasteiger partial charge in [0, 0.05) is 18.7 Å². The first-order chi connectivity index (χ1) is 12.4. The van der Waals surface area contributed by atoms with E-state index >= 15 is 0 Å². The molecule has 2 aromatic carbocycles. The van der Waals surface area contributed by atoms with E-state index in [0.29, 0.717) is 29.8 Å². The Labute approximate surface area is 156 Å². The van der Waals surface area contributed by atoms with Crippen LogP contribution in [0.25, 0.3) is 0 Å². The zero-order valence-corrected chi connectivity index (χ0v) is 16.0. The third kappa shape index (κ3) is 2.86. The number of hydrogen-bond acceptors (Lipinski definition) is 2. The van der Waals surface area contributed by atoms with Crippen molar-refractivity contribution in [3.8, 4) is 11.8 Å². The van der Waals surface area contributed by atoms with Crippen molar-refractivity contribution in [2.45, 2.75) is 25.2 Å². The van der Waals surface area contributed by atoms with Gasteiger partial charge in [0.15, 0.2) is 0 Å². The molecule has 0 bridgehead atoms. The van der Waals surface area contributed by atoms with Gasteiger partial charge in [0.2, 0.25) is 10.0 Å². The van der Waals surface area contributed by atoms with Crippen LogP contribution >= 0.6 is 0 Å². The number of nitrogens with zero attached hydrogens (tertiary/aromatic N) is 1. The highest BCUT2D eigenvalue weighted by Crippen LogP contribution is 2.62. The normalized spacial score (nSPS) is 27.9. The van der Waals surface area contributed by atoms with Crippen LogP contribution in [0.2, 0.25) is 0 Å². The summed E-state index contributed by atoms with van der Waals surface area (Å²) in [6.45, 7) is 5.24. The Morgan fingerprint density at radius 3 is 2.46 bits per heavy atom. The molecule has 1 aliphatic carbocycles. The minimum Gasteiger partial charge on any atom is -0.207 e. The highest BCUT2D eigenvalue weighted by molar-refractivity contribution is 7.89. The summed E-state index contributed by atoms with van der Waals surface area (Å²) in [6, 6.07) is 17.0. The van der Waals surface area contributed by atoms with Crippen LogP contribution < -0.4 is 0 Å². The SMILES string of the molecule is Cc1ccc(S(=O)(=O)N2CC[C@H]3[C@H](C)[C@@]3(C#Cc3ccccc3)C2)cc1. The summed E-state index contributed by atoms with van der Waals surface area (Å²) in [5.74, 6) is 7.66. The van der Waals surface area contributed by atoms with Gasteiger partial charge in [0.1, 0.15) is 0 Å². The van der Waals surface area contributed by atoms with Crippen LogP contribution in [-0.4, -0.2) is 25.8 Å². The molecule has 1 saturated heterocycles. The Bertz CT molecular complexity index is 970. The minimum absolute atomic E-state index is 0.203. The van der Waals surface area contributed by atoms with Crippen LogP contribution in [0.5, 0.6) is 0 Å². The first-order valence-corrected chi connectivity index (χ1v) is 10.5. The first-order valence-electron chi connectivity index (χ1n) is 9.08. The summed E-state index contributed by atoms with van der Waals surface area (Å²) in [5.41, 5.74) is 1.84. The van der Waals surface area contributed by atoms with Crippen LogP contribution in [-0.2, 0) is 10.0 Å². The van der Waals surface area contributed by atoms with E-state index in [-0.39, 0.29) is 5.41 Å². The maximum Gasteiger partial charge on any atom is 0.243 e. The van der Waals surface area contributed by atoms with Gasteiger partial charge in [-0.1, -0.05) is 54.7 Å². The average molecular weight is 365 g/mol. The highest BCUT2D eigenvalue weighted by Gasteiger charge is 2.64. The molecule has 2 aromatic rings. The van der Waals surface area contributed by atoms with Gasteiger partial charge in [-0.3, -0.25) is 0 Å². The molecule has 0 aromatic heterocycles. The van der Waals surface area contributed by atoms with Gasteiger partial charge in [-0.15, -0.1) is 0 Å². The van der Waals surface area contributed by atoms with Crippen molar-refractivity contribution in [1.82, 2.24) is 4.31 Å². The van der Waals surface area contributed by atoms with Gasteiger partial charge < -0.3 is 0 Å². The number of rotatable bonds is 2. The summed E-state index contributed by atoms with van der Waals surface area (Å²) in [6.07, 6.45) is 0.885. The van der Waals surface area contributed by atoms with E-state index in [2.05, 4.69) is 18.8 Å². The van der Waals surface area contributed by atoms with Gasteiger partial charge in [0.25, 0.3) is 0 Å². The highest BCUT2D eigenvalue weighted by atomic mass is 32.2. The summed E-state index contributed by atoms with van der Waals surface area (Å²) in [4.78, 5) is 0.376. The largest absolute Gasteiger partial charge is 0.243 e. The lowest BCUT2D eigenvalue weighted by Crippen LogP contribution is -2.40. The van der Waals surface area contributed by atoms with Gasteiger partial charge in [-0.25, -0.2) is 8.42 Å². The van der Waals surface area contributed by atoms with Gasteiger partial charge in [-0.05, 0) is 49.4 Å². The lowest BCUT2D eigenvalue weighted by Gasteiger charge is -2.29. The third-order valence-corrected chi connectivity index (χ3v) is 7.83. The molecule has 1 heterocycles. The van der Waals surface area contributed by atoms with E-state index in [1.807, 2.05) is 49.4 Å². The maximum atomic E-state index is 13.1. The molecule has 3 nitrogen and oxygen atoms in total. The summed E-state index contributed by atoms with van der Waals surface area (Å²) in [7, 11) is -3.46. The van der Waals surface area contributed by atoms with E-state index in [9.17, 15) is 8.42 Å². The predicted octanol–water partition coefficient (Wildman–Crippen LogP) is 3.69. The molecule has 134 valence electrons. The molecule has 0 amide bonds. The van der Waals surface area contributed by atoms with Crippen LogP contribution in [0, 0.1) is 36.0 Å². The number of aryl methyl sites for hydroxylation is 1. The smallest absolute Gasteiger partial charge is 0.207 e. The maximum absolute atomic E-state index is 13.1. The molecule has 1 saturated carbocycles. The number of sulfonamides is 1. The number of hydrogen-bond donors (Lipinski definition) is 0. The number of fused-ring (bicyclic) bond motifs is 1. The van der Waals surface area contributed by atoms with Crippen molar-refractivity contribution in [3.63, 3.8) is 0 Å². The molecule has 1 aliphatic heterocycles. The summed E-state index contributed by atoms with van der Waals surface area (Å²) >= 11 is 0. The molecule has 4 heteroatoms. The van der Waals surface area contributed by atoms with Crippen molar-refractivity contribution in [2.24, 2.45) is 17.3 Å². The van der Waals surface area contributed by atoms with Crippen LogP contribution in [0.4, 0.5) is 0 Å². The lowest BCUT2D eigenvalue weighted by molar-refractivity contribution is 0.296. The fourth-order valence-corrected chi connectivity index (χ4v) is 5.68. The Kier molecular flexibility index (Phi) is 4.17. The summed E-state index contributed by atoms with van der Waals surface area (Å²) in [5, 5.41) is 0. The molecule has 0 radical (unpaired) electrons. The van der Waals surface area contributed by atoms with Crippen LogP contribution in [0.3, 0.4) is 0 Å². The van der Waals surface area contributed by atoms with Crippen molar-refractivity contribution in [1.29, 1.82) is 0 Å². The van der Waals surface area contributed by atoms with Crippen LogP contribution in [0.1, 0.15) is 24.5 Å². The Morgan fingerprint density at radius 1 is 1.08 bits per heavy atom. The van der Waals surface area contributed by atoms with E-state index in [1.165, 1.54) is 0 Å². The lowest BCUT2D eigenvalue weighted by atomic mass is 9.98. The Balaban J connectivity index is 1.61. The topological polar surface area (TPSA) is 37.4 Å². The van der Waals surface area contributed by atoms with Crippen molar-refractivity contribution in [2.75, 3.05) is 13.1 Å². The summed E-state index contributed by atoms with van der Waals surface area (Å²) < 4.78 is 27.8. The fraction of sp³-hybridized carbons (Fsp3) is 0.364. The third-order valence-electron chi connectivity index (χ3n) is 5.97. The van der Waals surface area contributed by atoms with E-state index in [4.69, 9.17) is 0 Å². The molecule has 2 aliphatic rings. The zero-order chi connectivity index (χ0) is 18.4.